The van der Waals surface area contributed by atoms with Crippen molar-refractivity contribution in [2.24, 2.45) is 0 Å². The van der Waals surface area contributed by atoms with Crippen LogP contribution in [0.4, 0.5) is 52.7 Å². The molecule has 12 rings (SSSR count). The summed E-state index contributed by atoms with van der Waals surface area (Å²) in [5.41, 5.74) is -12.7. The van der Waals surface area contributed by atoms with Gasteiger partial charge < -0.3 is 37.3 Å². The summed E-state index contributed by atoms with van der Waals surface area (Å²) in [5, 5.41) is 16.9. The highest BCUT2D eigenvalue weighted by Crippen LogP contribution is 2.61. The minimum Gasteiger partial charge on any atom is -0.488 e. The number of hydrogen-bond acceptors (Lipinski definition) is 12. The first-order valence-corrected chi connectivity index (χ1v) is 34.7. The smallest absolute Gasteiger partial charge is 0.411 e. The lowest BCUT2D eigenvalue weighted by Gasteiger charge is -2.43. The third-order valence-corrected chi connectivity index (χ3v) is 19.8. The van der Waals surface area contributed by atoms with Crippen molar-refractivity contribution in [3.8, 4) is 80.3 Å². The predicted octanol–water partition coefficient (Wildman–Crippen LogP) is 24.1. The molecule has 2 aromatic heterocycles. The van der Waals surface area contributed by atoms with Gasteiger partial charge in [-0.1, -0.05) is 107 Å². The molecule has 0 N–H and O–H groups in total. The maximum absolute atomic E-state index is 16.1. The van der Waals surface area contributed by atoms with Crippen LogP contribution in [0.25, 0.3) is 58.0 Å². The third-order valence-electron chi connectivity index (χ3n) is 19.8. The Morgan fingerprint density at radius 3 is 1.01 bits per heavy atom. The van der Waals surface area contributed by atoms with Gasteiger partial charge in [-0.05, 0) is 222 Å². The van der Waals surface area contributed by atoms with Gasteiger partial charge in [-0.25, -0.2) is 0 Å². The summed E-state index contributed by atoms with van der Waals surface area (Å²) in [6.07, 6.45) is -21.0. The van der Waals surface area contributed by atoms with Gasteiger partial charge in [-0.3, -0.25) is 0 Å². The Morgan fingerprint density at radius 1 is 0.352 bits per heavy atom. The van der Waals surface area contributed by atoms with E-state index in [2.05, 4.69) is 41.2 Å². The van der Waals surface area contributed by atoms with Crippen LogP contribution in [0.3, 0.4) is 0 Å². The van der Waals surface area contributed by atoms with Crippen LogP contribution >= 0.6 is 0 Å². The van der Waals surface area contributed by atoms with E-state index in [4.69, 9.17) is 37.3 Å². The summed E-state index contributed by atoms with van der Waals surface area (Å²) in [6, 6.07) is 38.1. The number of aromatic nitrogens is 4. The van der Waals surface area contributed by atoms with E-state index >= 15 is 52.7 Å². The fraction of sp³-hybridized carbons (Fsp3) is 0.333. The van der Waals surface area contributed by atoms with Crippen LogP contribution in [0.5, 0.6) is 34.5 Å². The number of allylic oxidation sites excluding steroid dienone is 2. The van der Waals surface area contributed by atoms with Gasteiger partial charge in [0.1, 0.15) is 57.9 Å². The van der Waals surface area contributed by atoms with Crippen molar-refractivity contribution in [2.75, 3.05) is 0 Å². The van der Waals surface area contributed by atoms with Crippen LogP contribution < -0.4 is 18.9 Å². The fourth-order valence-corrected chi connectivity index (χ4v) is 13.3. The number of nitrogens with zero attached hydrogens (tertiary/aromatic N) is 4. The molecule has 0 bridgehead atoms. The molecule has 2 aliphatic heterocycles. The summed E-state index contributed by atoms with van der Waals surface area (Å²) in [5.74, 6) is 1.06. The molecule has 24 heteroatoms. The monoisotopic (exact) mass is 1500 g/mol. The lowest BCUT2D eigenvalue weighted by Crippen LogP contribution is -2.55. The standard InChI is InChI=1S/C84H78F12N4O8/c1-15-17-53-43-57(79(81(85,86)87,82(88,89)90)58-32-40-66(107-76(8,9)10)54(44-58)18-16-2)31-39-65(53)103-61-35-23-51(24-36-61)73-100-98-72(106-73)50-21-29-56(30-22-50)77(11,12)78(13,14)108-68-42-34-60(46-64(68)70-48(4)102-70)80(83(91,92)93,84(94,95)96)59-33-41-67(63(45-59)69-47(3)101-69)104-62-37-25-52(26-38-62)74-99-97-71(105-74)49-19-27-55(28-20-49)75(5,6)7/h15-48,69-70H,1-14H3. The van der Waals surface area contributed by atoms with E-state index in [-0.39, 0.29) is 79.8 Å². The van der Waals surface area contributed by atoms with Crippen LogP contribution in [0.15, 0.2) is 191 Å². The molecule has 4 unspecified atom stereocenters. The first-order valence-electron chi connectivity index (χ1n) is 34.7. The van der Waals surface area contributed by atoms with Gasteiger partial charge in [0, 0.05) is 49.9 Å². The van der Waals surface area contributed by atoms with Gasteiger partial charge in [-0.15, -0.1) is 20.4 Å². The van der Waals surface area contributed by atoms with Crippen LogP contribution in [0.2, 0.25) is 0 Å². The van der Waals surface area contributed by atoms with Crippen molar-refractivity contribution in [3.63, 3.8) is 0 Å². The molecule has 566 valence electrons. The van der Waals surface area contributed by atoms with Crippen LogP contribution in [-0.2, 0) is 31.1 Å². The molecule has 2 aliphatic rings. The van der Waals surface area contributed by atoms with Crippen molar-refractivity contribution in [1.29, 1.82) is 0 Å². The summed E-state index contributed by atoms with van der Waals surface area (Å²) in [4.78, 5) is 0. The highest BCUT2D eigenvalue weighted by Gasteiger charge is 2.74. The van der Waals surface area contributed by atoms with Gasteiger partial charge in [-0.2, -0.15) is 52.7 Å². The first-order chi connectivity index (χ1) is 50.5. The number of hydrogen-bond donors (Lipinski definition) is 0. The van der Waals surface area contributed by atoms with Gasteiger partial charge in [0.25, 0.3) is 0 Å². The molecule has 12 nitrogen and oxygen atoms in total. The molecule has 0 aliphatic carbocycles. The molecule has 0 saturated carbocycles. The second kappa shape index (κ2) is 28.1. The topological polar surface area (TPSA) is 140 Å². The van der Waals surface area contributed by atoms with E-state index in [0.717, 1.165) is 78.4 Å². The number of epoxide rings is 2. The second-order valence-corrected chi connectivity index (χ2v) is 30.0. The first kappa shape index (κ1) is 77.4. The number of benzene rings is 8. The Labute approximate surface area is 616 Å². The molecular weight excluding hydrogens is 1420 g/mol. The largest absolute Gasteiger partial charge is 0.488 e. The molecule has 0 radical (unpaired) electrons. The number of halogens is 12. The lowest BCUT2D eigenvalue weighted by molar-refractivity contribution is -0.290. The lowest BCUT2D eigenvalue weighted by atomic mass is 9.71. The van der Waals surface area contributed by atoms with E-state index in [1.54, 1.807) is 123 Å². The van der Waals surface area contributed by atoms with E-state index in [1.807, 2.05) is 38.1 Å². The zero-order valence-corrected chi connectivity index (χ0v) is 61.4. The molecule has 0 spiro atoms. The van der Waals surface area contributed by atoms with E-state index in [9.17, 15) is 0 Å². The van der Waals surface area contributed by atoms with Gasteiger partial charge in [0.05, 0.1) is 12.2 Å². The van der Waals surface area contributed by atoms with E-state index in [0.29, 0.717) is 33.7 Å². The maximum atomic E-state index is 16.1. The van der Waals surface area contributed by atoms with Gasteiger partial charge in [0.2, 0.25) is 34.4 Å². The molecule has 0 amide bonds. The third kappa shape index (κ3) is 14.8. The van der Waals surface area contributed by atoms with Crippen LogP contribution in [0, 0.1) is 0 Å². The van der Waals surface area contributed by atoms with Crippen LogP contribution in [-0.4, -0.2) is 68.5 Å². The van der Waals surface area contributed by atoms with Crippen molar-refractivity contribution < 1.29 is 89.9 Å². The molecule has 4 heterocycles. The van der Waals surface area contributed by atoms with E-state index in [1.165, 1.54) is 36.4 Å². The summed E-state index contributed by atoms with van der Waals surface area (Å²) >= 11 is 0. The Kier molecular flexibility index (Phi) is 20.1. The molecule has 2 saturated heterocycles. The van der Waals surface area contributed by atoms with Crippen molar-refractivity contribution in [3.05, 3.63) is 238 Å². The fourth-order valence-electron chi connectivity index (χ4n) is 13.3. The SMILES string of the molecule is CC=Cc1cc(C(c2ccc(OC(C)(C)C)c(C=CC)c2)(C(F)(F)F)C(F)(F)F)ccc1Oc1ccc(-c2nnc(-c3ccc(C(C)(C)C(C)(C)Oc4ccc(C(c5ccc(Oc6ccc(-c7nnc(-c8ccc(C(C)(C)C)cc8)o7)cc6)c(C6OC6C)c5)(C(F)(F)F)C(F)(F)F)cc4C4OC4C)cc3)o2)cc1. The minimum absolute atomic E-state index is 0.00231. The Balaban J connectivity index is 0.759. The van der Waals surface area contributed by atoms with Crippen molar-refractivity contribution in [1.82, 2.24) is 20.4 Å². The zero-order valence-electron chi connectivity index (χ0n) is 61.4. The van der Waals surface area contributed by atoms with E-state index < -0.39 is 98.8 Å². The molecule has 8 aromatic carbocycles. The Bertz CT molecular complexity index is 4950. The number of alkyl halides is 12. The normalized spacial score (nSPS) is 17.0. The highest BCUT2D eigenvalue weighted by molar-refractivity contribution is 5.66. The van der Waals surface area contributed by atoms with Crippen LogP contribution in [0.1, 0.15) is 165 Å². The minimum atomic E-state index is -5.97. The quantitative estimate of drug-likeness (QED) is 0.0500. The van der Waals surface area contributed by atoms with Gasteiger partial charge >= 0.3 is 24.7 Å². The molecule has 108 heavy (non-hydrogen) atoms. The zero-order chi connectivity index (χ0) is 78.3. The van der Waals surface area contributed by atoms with Gasteiger partial charge in [0.15, 0.2) is 0 Å². The molecule has 2 fully saturated rings. The summed E-state index contributed by atoms with van der Waals surface area (Å²) < 4.78 is 238. The average molecular weight is 1500 g/mol. The Hall–Kier alpha value is -10.2. The maximum Gasteiger partial charge on any atom is 0.411 e. The average Bonchev–Trinajstić information content (AvgIpc) is 0.976. The Morgan fingerprint density at radius 2 is 0.657 bits per heavy atom. The highest BCUT2D eigenvalue weighted by atomic mass is 19.4. The predicted molar refractivity (Wildman–Crippen MR) is 385 cm³/mol. The van der Waals surface area contributed by atoms with Crippen molar-refractivity contribution >= 4 is 12.2 Å². The summed E-state index contributed by atoms with van der Waals surface area (Å²) in [6.45, 7) is 25.0. The number of rotatable bonds is 21. The van der Waals surface area contributed by atoms with Crippen molar-refractivity contribution in [2.45, 2.75) is 179 Å². The molecule has 10 aromatic rings. The summed E-state index contributed by atoms with van der Waals surface area (Å²) in [7, 11) is 0. The molecule has 4 atom stereocenters. The number of ether oxygens (including phenoxy) is 6. The molecular formula is C84H78F12N4O8. The second-order valence-electron chi connectivity index (χ2n) is 30.0.